The predicted octanol–water partition coefficient (Wildman–Crippen LogP) is 3.04. The Bertz CT molecular complexity index is 449. The fraction of sp³-hybridized carbons (Fsp3) is 0.364. The molecule has 0 saturated heterocycles. The number of anilines is 1. The molecule has 3 nitrogen and oxygen atoms in total. The molecule has 0 radical (unpaired) electrons. The molecular weight excluding hydrogens is 277 g/mol. The molecule has 1 aromatic heterocycles. The first-order valence-corrected chi connectivity index (χ1v) is 6.00. The molecule has 1 aromatic carbocycles. The van der Waals surface area contributed by atoms with E-state index in [2.05, 4.69) is 16.4 Å². The molecule has 1 saturated carbocycles. The number of nitrogens with zero attached hydrogens (tertiary/aromatic N) is 1. The highest BCUT2D eigenvalue weighted by Crippen LogP contribution is 2.29. The standard InChI is InChI=1S/C11H13N3S.2ClH/c12-7-5-8(6-7)13-11-14-9-3-1-2-4-10(9)15-11;;/h1-4,7-8H,5-6,12H2,(H,13,14);2*1H. The number of aromatic nitrogens is 1. The van der Waals surface area contributed by atoms with Crippen molar-refractivity contribution in [2.24, 2.45) is 5.73 Å². The lowest BCUT2D eigenvalue weighted by Gasteiger charge is -2.32. The zero-order valence-electron chi connectivity index (χ0n) is 9.13. The van der Waals surface area contributed by atoms with Crippen molar-refractivity contribution in [3.05, 3.63) is 24.3 Å². The van der Waals surface area contributed by atoms with Crippen molar-refractivity contribution in [3.63, 3.8) is 0 Å². The Balaban J connectivity index is 0.000000722. The highest BCUT2D eigenvalue weighted by atomic mass is 35.5. The van der Waals surface area contributed by atoms with Crippen molar-refractivity contribution in [2.75, 3.05) is 5.32 Å². The number of fused-ring (bicyclic) bond motifs is 1. The molecule has 94 valence electrons. The lowest BCUT2D eigenvalue weighted by Crippen LogP contribution is -2.44. The second-order valence-corrected chi connectivity index (χ2v) is 5.09. The summed E-state index contributed by atoms with van der Waals surface area (Å²) in [6.45, 7) is 0. The highest BCUT2D eigenvalue weighted by molar-refractivity contribution is 7.22. The quantitative estimate of drug-likeness (QED) is 0.894. The van der Waals surface area contributed by atoms with E-state index in [0.29, 0.717) is 12.1 Å². The molecule has 0 spiro atoms. The third-order valence-corrected chi connectivity index (χ3v) is 3.76. The molecule has 1 aliphatic carbocycles. The summed E-state index contributed by atoms with van der Waals surface area (Å²) in [7, 11) is 0. The average molecular weight is 292 g/mol. The Morgan fingerprint density at radius 3 is 2.59 bits per heavy atom. The minimum Gasteiger partial charge on any atom is -0.359 e. The molecule has 1 fully saturated rings. The zero-order chi connectivity index (χ0) is 10.3. The number of thiazole rings is 1. The first kappa shape index (κ1) is 14.5. The number of halogens is 2. The van der Waals surface area contributed by atoms with Crippen LogP contribution < -0.4 is 11.1 Å². The van der Waals surface area contributed by atoms with E-state index < -0.39 is 0 Å². The third kappa shape index (κ3) is 3.01. The van der Waals surface area contributed by atoms with E-state index in [9.17, 15) is 0 Å². The Hall–Kier alpha value is -0.550. The van der Waals surface area contributed by atoms with Crippen LogP contribution in [0.25, 0.3) is 10.2 Å². The van der Waals surface area contributed by atoms with Gasteiger partial charge in [0.25, 0.3) is 0 Å². The van der Waals surface area contributed by atoms with Crippen molar-refractivity contribution in [3.8, 4) is 0 Å². The number of benzene rings is 1. The van der Waals surface area contributed by atoms with Crippen LogP contribution in [0, 0.1) is 0 Å². The van der Waals surface area contributed by atoms with Gasteiger partial charge in [0.2, 0.25) is 0 Å². The summed E-state index contributed by atoms with van der Waals surface area (Å²) in [5.41, 5.74) is 6.82. The highest BCUT2D eigenvalue weighted by Gasteiger charge is 2.26. The molecule has 3 N–H and O–H groups in total. The van der Waals surface area contributed by atoms with Gasteiger partial charge in [-0.3, -0.25) is 0 Å². The summed E-state index contributed by atoms with van der Waals surface area (Å²) in [5, 5.41) is 4.45. The number of hydrogen-bond acceptors (Lipinski definition) is 4. The maximum atomic E-state index is 5.74. The summed E-state index contributed by atoms with van der Waals surface area (Å²) >= 11 is 1.71. The van der Waals surface area contributed by atoms with Gasteiger partial charge in [-0.1, -0.05) is 23.5 Å². The van der Waals surface area contributed by atoms with E-state index in [4.69, 9.17) is 5.73 Å². The van der Waals surface area contributed by atoms with Crippen LogP contribution >= 0.6 is 36.2 Å². The number of hydrogen-bond donors (Lipinski definition) is 2. The van der Waals surface area contributed by atoms with Crippen LogP contribution in [0.4, 0.5) is 5.13 Å². The molecular formula is C11H15Cl2N3S. The molecule has 0 aliphatic heterocycles. The summed E-state index contributed by atoms with van der Waals surface area (Å²) in [5.74, 6) is 0. The number of rotatable bonds is 2. The lowest BCUT2D eigenvalue weighted by molar-refractivity contribution is 0.373. The van der Waals surface area contributed by atoms with E-state index in [1.165, 1.54) is 4.70 Å². The number of nitrogens with two attached hydrogens (primary N) is 1. The Morgan fingerprint density at radius 2 is 1.94 bits per heavy atom. The van der Waals surface area contributed by atoms with Crippen molar-refractivity contribution in [2.45, 2.75) is 24.9 Å². The van der Waals surface area contributed by atoms with Gasteiger partial charge < -0.3 is 11.1 Å². The predicted molar refractivity (Wildman–Crippen MR) is 78.7 cm³/mol. The summed E-state index contributed by atoms with van der Waals surface area (Å²) < 4.78 is 1.24. The first-order valence-electron chi connectivity index (χ1n) is 5.19. The van der Waals surface area contributed by atoms with Crippen molar-refractivity contribution >= 4 is 51.5 Å². The van der Waals surface area contributed by atoms with Crippen LogP contribution in [-0.4, -0.2) is 17.1 Å². The second kappa shape index (κ2) is 5.87. The smallest absolute Gasteiger partial charge is 0.184 e. The minimum atomic E-state index is 0. The van der Waals surface area contributed by atoms with Gasteiger partial charge in [-0.25, -0.2) is 4.98 Å². The molecule has 3 rings (SSSR count). The summed E-state index contributed by atoms with van der Waals surface area (Å²) in [6, 6.07) is 9.13. The molecule has 0 unspecified atom stereocenters. The largest absolute Gasteiger partial charge is 0.359 e. The summed E-state index contributed by atoms with van der Waals surface area (Å²) in [4.78, 5) is 4.53. The molecule has 1 heterocycles. The molecule has 2 aromatic rings. The topological polar surface area (TPSA) is 50.9 Å². The van der Waals surface area contributed by atoms with Gasteiger partial charge in [0.1, 0.15) is 0 Å². The SMILES string of the molecule is Cl.Cl.NC1CC(Nc2nc3ccccc3s2)C1. The monoisotopic (exact) mass is 291 g/mol. The maximum Gasteiger partial charge on any atom is 0.184 e. The van der Waals surface area contributed by atoms with Gasteiger partial charge in [0, 0.05) is 12.1 Å². The Labute approximate surface area is 117 Å². The van der Waals surface area contributed by atoms with Gasteiger partial charge in [-0.15, -0.1) is 24.8 Å². The van der Waals surface area contributed by atoms with Crippen molar-refractivity contribution in [1.82, 2.24) is 4.98 Å². The second-order valence-electron chi connectivity index (χ2n) is 4.06. The molecule has 0 atom stereocenters. The van der Waals surface area contributed by atoms with Crippen LogP contribution in [0.3, 0.4) is 0 Å². The van der Waals surface area contributed by atoms with Crippen LogP contribution in [0.2, 0.25) is 0 Å². The van der Waals surface area contributed by atoms with Gasteiger partial charge >= 0.3 is 0 Å². The maximum absolute atomic E-state index is 5.74. The van der Waals surface area contributed by atoms with Gasteiger partial charge in [0.15, 0.2) is 5.13 Å². The number of para-hydroxylation sites is 1. The van der Waals surface area contributed by atoms with E-state index >= 15 is 0 Å². The number of nitrogens with one attached hydrogen (secondary N) is 1. The van der Waals surface area contributed by atoms with Crippen LogP contribution in [0.5, 0.6) is 0 Å². The Morgan fingerprint density at radius 1 is 1.24 bits per heavy atom. The van der Waals surface area contributed by atoms with Gasteiger partial charge in [0.05, 0.1) is 10.2 Å². The van der Waals surface area contributed by atoms with Crippen LogP contribution in [-0.2, 0) is 0 Å². The van der Waals surface area contributed by atoms with Crippen LogP contribution in [0.15, 0.2) is 24.3 Å². The average Bonchev–Trinajstić information content (AvgIpc) is 2.57. The Kier molecular flexibility index (Phi) is 5.01. The van der Waals surface area contributed by atoms with Gasteiger partial charge in [-0.2, -0.15) is 0 Å². The fourth-order valence-electron chi connectivity index (χ4n) is 1.89. The molecule has 1 aliphatic rings. The molecule has 17 heavy (non-hydrogen) atoms. The van der Waals surface area contributed by atoms with Crippen LogP contribution in [0.1, 0.15) is 12.8 Å². The van der Waals surface area contributed by atoms with E-state index in [1.807, 2.05) is 18.2 Å². The lowest BCUT2D eigenvalue weighted by atomic mass is 9.88. The molecule has 0 bridgehead atoms. The molecule has 6 heteroatoms. The van der Waals surface area contributed by atoms with Crippen molar-refractivity contribution in [1.29, 1.82) is 0 Å². The van der Waals surface area contributed by atoms with Crippen molar-refractivity contribution < 1.29 is 0 Å². The minimum absolute atomic E-state index is 0. The zero-order valence-corrected chi connectivity index (χ0v) is 11.6. The first-order chi connectivity index (χ1) is 7.31. The summed E-state index contributed by atoms with van der Waals surface area (Å²) in [6.07, 6.45) is 2.13. The fourth-order valence-corrected chi connectivity index (χ4v) is 2.83. The molecule has 0 amide bonds. The third-order valence-electron chi connectivity index (χ3n) is 2.80. The van der Waals surface area contributed by atoms with E-state index in [-0.39, 0.29) is 24.8 Å². The van der Waals surface area contributed by atoms with E-state index in [1.54, 1.807) is 11.3 Å². The van der Waals surface area contributed by atoms with Gasteiger partial charge in [-0.05, 0) is 25.0 Å². The van der Waals surface area contributed by atoms with E-state index in [0.717, 1.165) is 23.5 Å². The normalized spacial score (nSPS) is 22.2.